The minimum absolute atomic E-state index is 0. The van der Waals surface area contributed by atoms with E-state index in [0.717, 1.165) is 76.7 Å². The molecular formula is C83H143N2NaO31S4. The van der Waals surface area contributed by atoms with Crippen molar-refractivity contribution in [2.24, 2.45) is 0 Å². The van der Waals surface area contributed by atoms with Crippen LogP contribution in [0.3, 0.4) is 0 Å². The van der Waals surface area contributed by atoms with Gasteiger partial charge in [0.05, 0.1) is 87.9 Å². The third-order valence-corrected chi connectivity index (χ3v) is 19.3. The maximum atomic E-state index is 11.3. The first-order valence-corrected chi connectivity index (χ1v) is 44.6. The largest absolute Gasteiger partial charge is 1.00 e. The second-order valence-corrected chi connectivity index (χ2v) is 32.0. The van der Waals surface area contributed by atoms with Crippen LogP contribution in [0.2, 0.25) is 0 Å². The van der Waals surface area contributed by atoms with Crippen LogP contribution in [0.4, 0.5) is 0 Å². The van der Waals surface area contributed by atoms with E-state index < -0.39 is 88.6 Å². The first-order chi connectivity index (χ1) is 56.3. The smallest absolute Gasteiger partial charge is 0.491 e. The molecule has 696 valence electrons. The van der Waals surface area contributed by atoms with Gasteiger partial charge < -0.3 is 110 Å². The number of aliphatic hydroxyl groups excluding tert-OH is 3. The van der Waals surface area contributed by atoms with Crippen LogP contribution < -0.4 is 60.0 Å². The van der Waals surface area contributed by atoms with Gasteiger partial charge in [0, 0.05) is 25.8 Å². The van der Waals surface area contributed by atoms with Gasteiger partial charge in [0.1, 0.15) is 101 Å². The molecule has 0 aliphatic heterocycles. The van der Waals surface area contributed by atoms with Gasteiger partial charge >= 0.3 is 29.6 Å². The van der Waals surface area contributed by atoms with Gasteiger partial charge in [-0.1, -0.05) is 144 Å². The molecule has 121 heavy (non-hydrogen) atoms. The van der Waals surface area contributed by atoms with E-state index in [1.54, 1.807) is 24.3 Å². The van der Waals surface area contributed by atoms with E-state index in [-0.39, 0.29) is 156 Å². The molecule has 7 N–H and O–H groups in total. The summed E-state index contributed by atoms with van der Waals surface area (Å²) in [7, 11) is -10.4. The molecule has 0 heterocycles. The summed E-state index contributed by atoms with van der Waals surface area (Å²) in [5.74, 6) is 0.573. The Bertz CT molecular complexity index is 3420. The summed E-state index contributed by atoms with van der Waals surface area (Å²) < 4.78 is 193. The fraction of sp³-hybridized carbons (Fsp3) is 0.602. The minimum Gasteiger partial charge on any atom is -0.491 e. The van der Waals surface area contributed by atoms with E-state index in [9.17, 15) is 33.7 Å². The van der Waals surface area contributed by atoms with E-state index in [2.05, 4.69) is 74.3 Å². The predicted octanol–water partition coefficient (Wildman–Crippen LogP) is 8.06. The van der Waals surface area contributed by atoms with Crippen molar-refractivity contribution >= 4 is 40.5 Å². The fourth-order valence-corrected chi connectivity index (χ4v) is 10.4. The Morgan fingerprint density at radius 2 is 0.628 bits per heavy atom. The van der Waals surface area contributed by atoms with Crippen molar-refractivity contribution in [1.29, 1.82) is 0 Å². The van der Waals surface area contributed by atoms with Gasteiger partial charge in [-0.2, -0.15) is 33.7 Å². The second-order valence-electron chi connectivity index (χ2n) is 25.3. The normalized spacial score (nSPS) is 12.1. The molecule has 0 spiro atoms. The molecule has 33 nitrogen and oxygen atoms in total. The first kappa shape index (κ1) is 125. The van der Waals surface area contributed by atoms with Gasteiger partial charge in [-0.25, -0.2) is 0 Å². The third kappa shape index (κ3) is 73.9. The average Bonchev–Trinajstić information content (AvgIpc) is 0.902. The van der Waals surface area contributed by atoms with Crippen molar-refractivity contribution in [3.63, 3.8) is 0 Å². The van der Waals surface area contributed by atoms with Crippen LogP contribution in [0, 0.1) is 21.3 Å². The standard InChI is InChI=1S/C23H38O7S.C19H30O7S.2C16H24O7S.C7H17NO3.CH4.CH3.H3N.Na/c1-4-6-7-8-9-10-11-21-12-14-22(15-13-21)29-18-23(17-27-16-5-2)30-19-28-20-31(24,25)26-3;1-4-6-7-17-8-10-18(11-9-17)25-14-19(13-23-12-5-2)26-15-24-16-27(20,21)22-3;2*1-4-9-20-10-16(23-12-21-13-24(17,18)19-3)11-22-15-7-5-14(2)6-8-15;9-4-1-7(2-5-10)8-3-6-11;;;;/h5,12-15,23H,2,4,6-11,16-20H2,1,3H3;5,8-11,19H,2,4,6-7,12-16H2,1,3H3;2*4-8,16H,1,9-13H2,2-3H3;7-11H,1-6H2;1H4;2*1H3;/q;;;;;;-1;;+1. The SMILES string of the molecule is C.C=CCOCC(COc1ccc(C)cc1)OCOCS(=O)(=O)OC.C=CCOCC(COc1ccc(C)cc1)OCOCS(=O)(=O)OC.C=CCOCC(COc1ccc(CCCC)cc1)OCOCS(=O)(=O)OC.C=CCOCC(COc1ccc(CCCCCCCC)cc1)OCOCS(=O)(=O)OC.N.OCCNC(CCO)CCO.[CH3-].[Na+]. The Kier molecular flexibility index (Phi) is 84.4. The number of hydrogen-bond donors (Lipinski definition) is 5. The molecule has 0 radical (unpaired) electrons. The van der Waals surface area contributed by atoms with Crippen LogP contribution in [-0.2, 0) is 127 Å². The van der Waals surface area contributed by atoms with Gasteiger partial charge in [-0.3, -0.25) is 16.7 Å². The van der Waals surface area contributed by atoms with E-state index in [1.165, 1.54) is 49.7 Å². The maximum absolute atomic E-state index is 11.3. The van der Waals surface area contributed by atoms with E-state index in [4.69, 9.17) is 91.1 Å². The Morgan fingerprint density at radius 1 is 0.372 bits per heavy atom. The van der Waals surface area contributed by atoms with E-state index in [1.807, 2.05) is 98.8 Å². The average molecular weight is 1820 g/mol. The first-order valence-electron chi connectivity index (χ1n) is 38.3. The molecule has 0 fully saturated rings. The zero-order chi connectivity index (χ0) is 87.0. The number of ether oxygens (including phenoxy) is 16. The summed E-state index contributed by atoms with van der Waals surface area (Å²) in [6.07, 6.45) is 18.3. The summed E-state index contributed by atoms with van der Waals surface area (Å²) in [4.78, 5) is 0. The summed E-state index contributed by atoms with van der Waals surface area (Å²) >= 11 is 0. The summed E-state index contributed by atoms with van der Waals surface area (Å²) in [5, 5.41) is 28.6. The zero-order valence-electron chi connectivity index (χ0n) is 72.3. The Balaban J connectivity index is -0.000000471. The molecule has 0 aliphatic rings. The molecular weight excluding hydrogens is 1670 g/mol. The van der Waals surface area contributed by atoms with Crippen LogP contribution in [0.5, 0.6) is 23.0 Å². The molecule has 4 aromatic rings. The third-order valence-electron chi connectivity index (χ3n) is 15.4. The van der Waals surface area contributed by atoms with Crippen molar-refractivity contribution in [2.45, 2.75) is 143 Å². The van der Waals surface area contributed by atoms with E-state index >= 15 is 0 Å². The Labute approximate surface area is 746 Å². The maximum Gasteiger partial charge on any atom is 1.00 e. The van der Waals surface area contributed by atoms with Crippen LogP contribution in [0.1, 0.15) is 108 Å². The summed E-state index contributed by atoms with van der Waals surface area (Å²) in [5.41, 5.74) is 4.85. The molecule has 4 atom stereocenters. The summed E-state index contributed by atoms with van der Waals surface area (Å²) in [6.45, 7) is 26.2. The number of nitrogens with one attached hydrogen (secondary N) is 1. The molecule has 4 aromatic carbocycles. The number of aryl methyl sites for hydroxylation is 4. The van der Waals surface area contributed by atoms with Gasteiger partial charge in [-0.05, 0) is 112 Å². The topological polar surface area (TPSA) is 429 Å². The molecule has 4 unspecified atom stereocenters. The summed E-state index contributed by atoms with van der Waals surface area (Å²) in [6, 6.07) is 31.4. The molecule has 0 amide bonds. The molecule has 0 bridgehead atoms. The number of benzene rings is 4. The minimum atomic E-state index is -3.69. The van der Waals surface area contributed by atoms with Crippen LogP contribution >= 0.6 is 0 Å². The number of unbranched alkanes of at least 4 members (excludes halogenated alkanes) is 6. The number of aliphatic hydroxyl groups is 3. The number of hydrogen-bond acceptors (Lipinski definition) is 33. The van der Waals surface area contributed by atoms with Gasteiger partial charge in [-0.15, -0.1) is 26.3 Å². The molecule has 0 aliphatic carbocycles. The van der Waals surface area contributed by atoms with Crippen LogP contribution in [0.25, 0.3) is 0 Å². The predicted molar refractivity (Wildman–Crippen MR) is 464 cm³/mol. The molecule has 38 heteroatoms. The zero-order valence-corrected chi connectivity index (χ0v) is 77.6. The van der Waals surface area contributed by atoms with Crippen LogP contribution in [-0.4, -0.2) is 264 Å². The monoisotopic (exact) mass is 1810 g/mol. The second kappa shape index (κ2) is 82.0. The Hall–Kier alpha value is -5.00. The van der Waals surface area contributed by atoms with Crippen molar-refractivity contribution in [3.8, 4) is 23.0 Å². The van der Waals surface area contributed by atoms with Gasteiger partial charge in [0.2, 0.25) is 0 Å². The van der Waals surface area contributed by atoms with Crippen molar-refractivity contribution in [1.82, 2.24) is 11.5 Å². The molecule has 0 aromatic heterocycles. The van der Waals surface area contributed by atoms with E-state index in [0.29, 0.717) is 57.3 Å². The van der Waals surface area contributed by atoms with Crippen LogP contribution in [0.15, 0.2) is 148 Å². The fourth-order valence-electron chi connectivity index (χ4n) is 8.97. The van der Waals surface area contributed by atoms with Crippen molar-refractivity contribution < 1.29 is 171 Å². The number of rotatable bonds is 69. The van der Waals surface area contributed by atoms with Crippen molar-refractivity contribution in [2.75, 3.05) is 185 Å². The quantitative estimate of drug-likeness (QED) is 0.00696. The van der Waals surface area contributed by atoms with Gasteiger partial charge in [0.15, 0.2) is 23.8 Å². The Morgan fingerprint density at radius 3 is 0.876 bits per heavy atom. The molecule has 4 rings (SSSR count). The van der Waals surface area contributed by atoms with Gasteiger partial charge in [0.25, 0.3) is 40.5 Å². The molecule has 0 saturated carbocycles. The molecule has 0 saturated heterocycles. The van der Waals surface area contributed by atoms with Crippen molar-refractivity contribution in [3.05, 3.63) is 177 Å².